The molecule has 25 heavy (non-hydrogen) atoms. The molecule has 2 aromatic rings. The molecule has 1 aliphatic carbocycles. The predicted molar refractivity (Wildman–Crippen MR) is 96.1 cm³/mol. The summed E-state index contributed by atoms with van der Waals surface area (Å²) >= 11 is 0. The molecule has 0 fully saturated rings. The number of fused-ring (bicyclic) bond motifs is 1. The Kier molecular flexibility index (Phi) is 11.6. The van der Waals surface area contributed by atoms with E-state index in [1.54, 1.807) is 0 Å². The van der Waals surface area contributed by atoms with Crippen molar-refractivity contribution in [3.8, 4) is 0 Å². The van der Waals surface area contributed by atoms with Crippen LogP contribution in [0.25, 0.3) is 10.9 Å². The first kappa shape index (κ1) is 26.9. The zero-order valence-corrected chi connectivity index (χ0v) is 19.9. The number of allylic oxidation sites excluding steroid dienone is 4. The van der Waals surface area contributed by atoms with Gasteiger partial charge in [0.1, 0.15) is 0 Å². The largest absolute Gasteiger partial charge is 4.00 e. The van der Waals surface area contributed by atoms with Crippen LogP contribution in [-0.4, -0.2) is 4.98 Å². The van der Waals surface area contributed by atoms with Crippen LogP contribution in [0.5, 0.6) is 0 Å². The van der Waals surface area contributed by atoms with Crippen molar-refractivity contribution < 1.29 is 51.0 Å². The van der Waals surface area contributed by atoms with Crippen LogP contribution in [0.15, 0.2) is 36.4 Å². The van der Waals surface area contributed by atoms with Gasteiger partial charge in [-0.1, -0.05) is 59.2 Å². The summed E-state index contributed by atoms with van der Waals surface area (Å²) in [6.07, 6.45) is 13.3. The van der Waals surface area contributed by atoms with E-state index in [-0.39, 0.29) is 61.8 Å². The van der Waals surface area contributed by atoms with Crippen molar-refractivity contribution >= 4 is 10.9 Å². The Balaban J connectivity index is 0. The average molecular weight is 456 g/mol. The molecule has 1 aromatic carbocycles. The second-order valence-corrected chi connectivity index (χ2v) is 7.86. The van der Waals surface area contributed by atoms with Gasteiger partial charge in [0, 0.05) is 0 Å². The SMILES string of the molecule is CC(C)(C)c1[c-][nH]c2cccc(C(C)(C)C)c12.[C-]1=CC=CC1.[Cl-].[Cl-].[Zr+4]. The topological polar surface area (TPSA) is 15.8 Å². The van der Waals surface area contributed by atoms with Gasteiger partial charge in [-0.15, -0.1) is 35.2 Å². The third-order valence-electron chi connectivity index (χ3n) is 3.78. The van der Waals surface area contributed by atoms with Crippen LogP contribution in [0.4, 0.5) is 0 Å². The van der Waals surface area contributed by atoms with Crippen molar-refractivity contribution in [2.24, 2.45) is 0 Å². The molecule has 0 saturated carbocycles. The molecular weight excluding hydrogens is 428 g/mol. The van der Waals surface area contributed by atoms with E-state index in [0.29, 0.717) is 0 Å². The monoisotopic (exact) mass is 453 g/mol. The van der Waals surface area contributed by atoms with Crippen molar-refractivity contribution in [3.63, 3.8) is 0 Å². The van der Waals surface area contributed by atoms with E-state index in [1.165, 1.54) is 22.0 Å². The molecule has 0 unspecified atom stereocenters. The van der Waals surface area contributed by atoms with E-state index in [2.05, 4.69) is 83.1 Å². The first-order chi connectivity index (χ1) is 10.2. The Hall–Kier alpha value is -0.297. The molecular formula is C21H27Cl2NZr. The second kappa shape index (κ2) is 10.8. The summed E-state index contributed by atoms with van der Waals surface area (Å²) < 4.78 is 0. The van der Waals surface area contributed by atoms with Gasteiger partial charge in [-0.2, -0.15) is 6.08 Å². The number of aromatic nitrogens is 1. The molecule has 1 aromatic heterocycles. The van der Waals surface area contributed by atoms with E-state index in [1.807, 2.05) is 12.2 Å². The summed E-state index contributed by atoms with van der Waals surface area (Å²) in [5.41, 5.74) is 4.17. The fourth-order valence-electron chi connectivity index (χ4n) is 2.65. The molecule has 0 amide bonds. The van der Waals surface area contributed by atoms with Crippen LogP contribution < -0.4 is 24.8 Å². The van der Waals surface area contributed by atoms with E-state index in [9.17, 15) is 0 Å². The fourth-order valence-corrected chi connectivity index (χ4v) is 2.65. The molecule has 1 nitrogen and oxygen atoms in total. The fraction of sp³-hybridized carbons (Fsp3) is 0.429. The molecule has 0 aliphatic heterocycles. The van der Waals surface area contributed by atoms with Crippen LogP contribution in [0.2, 0.25) is 0 Å². The molecule has 0 atom stereocenters. The number of nitrogens with one attached hydrogen (secondary N) is 1. The molecule has 0 bridgehead atoms. The Morgan fingerprint density at radius 1 is 0.960 bits per heavy atom. The predicted octanol–water partition coefficient (Wildman–Crippen LogP) is -0.126. The van der Waals surface area contributed by atoms with Gasteiger partial charge < -0.3 is 29.8 Å². The van der Waals surface area contributed by atoms with Crippen molar-refractivity contribution in [3.05, 3.63) is 59.8 Å². The Labute approximate surface area is 184 Å². The van der Waals surface area contributed by atoms with Gasteiger partial charge in [-0.25, -0.2) is 12.2 Å². The first-order valence-corrected chi connectivity index (χ1v) is 7.96. The van der Waals surface area contributed by atoms with Gasteiger partial charge in [0.2, 0.25) is 0 Å². The molecule has 4 heteroatoms. The van der Waals surface area contributed by atoms with Gasteiger partial charge >= 0.3 is 26.2 Å². The maximum atomic E-state index is 3.34. The Morgan fingerprint density at radius 3 is 2.00 bits per heavy atom. The molecule has 1 aliphatic rings. The van der Waals surface area contributed by atoms with Crippen LogP contribution in [0.3, 0.4) is 0 Å². The Morgan fingerprint density at radius 2 is 1.60 bits per heavy atom. The molecule has 0 saturated heterocycles. The third-order valence-corrected chi connectivity index (χ3v) is 3.78. The maximum absolute atomic E-state index is 3.34. The smallest absolute Gasteiger partial charge is 1.00 e. The minimum Gasteiger partial charge on any atom is -1.00 e. The summed E-state index contributed by atoms with van der Waals surface area (Å²) in [6, 6.07) is 6.50. The number of rotatable bonds is 0. The molecule has 134 valence electrons. The van der Waals surface area contributed by atoms with Gasteiger partial charge in [-0.05, 0) is 10.8 Å². The number of hydrogen-bond acceptors (Lipinski definition) is 0. The zero-order chi connectivity index (χ0) is 16.4. The van der Waals surface area contributed by atoms with Gasteiger partial charge in [0.25, 0.3) is 0 Å². The molecule has 0 radical (unpaired) electrons. The van der Waals surface area contributed by atoms with E-state index >= 15 is 0 Å². The quantitative estimate of drug-likeness (QED) is 0.533. The van der Waals surface area contributed by atoms with Gasteiger partial charge in [0.05, 0.1) is 0 Å². The Bertz CT molecular complexity index is 691. The van der Waals surface area contributed by atoms with Crippen molar-refractivity contribution in [1.82, 2.24) is 4.98 Å². The molecule has 3 rings (SSSR count). The zero-order valence-electron chi connectivity index (χ0n) is 15.9. The number of hydrogen-bond donors (Lipinski definition) is 1. The summed E-state index contributed by atoms with van der Waals surface area (Å²) in [5, 5.41) is 1.35. The summed E-state index contributed by atoms with van der Waals surface area (Å²) in [7, 11) is 0. The van der Waals surface area contributed by atoms with E-state index in [0.717, 1.165) is 6.42 Å². The minimum absolute atomic E-state index is 0. The number of halogens is 2. The van der Waals surface area contributed by atoms with Crippen LogP contribution in [0.1, 0.15) is 59.1 Å². The number of H-pyrrole nitrogens is 1. The first-order valence-electron chi connectivity index (χ1n) is 7.96. The molecule has 1 heterocycles. The van der Waals surface area contributed by atoms with Crippen LogP contribution in [-0.2, 0) is 37.0 Å². The summed E-state index contributed by atoms with van der Waals surface area (Å²) in [5.74, 6) is 0. The average Bonchev–Trinajstić information content (AvgIpc) is 3.09. The second-order valence-electron chi connectivity index (χ2n) is 7.86. The third kappa shape index (κ3) is 7.08. The molecule has 0 spiro atoms. The van der Waals surface area contributed by atoms with Gasteiger partial charge in [-0.3, -0.25) is 6.08 Å². The minimum atomic E-state index is 0. The van der Waals surface area contributed by atoms with E-state index in [4.69, 9.17) is 0 Å². The standard InChI is InChI=1S/C16H22N.C5H5.2ClH.Zr/c1-15(2,3)11-8-7-9-13-14(11)12(10-17-13)16(4,5)6;1-2-4-5-3-1;;;/h7-9,17H,1-6H3;1-3H,4H2;2*1H;/q2*-1;;;+4/p-2. The van der Waals surface area contributed by atoms with Crippen LogP contribution >= 0.6 is 0 Å². The van der Waals surface area contributed by atoms with Crippen molar-refractivity contribution in [2.75, 3.05) is 0 Å². The van der Waals surface area contributed by atoms with E-state index < -0.39 is 0 Å². The number of benzene rings is 1. The summed E-state index contributed by atoms with van der Waals surface area (Å²) in [4.78, 5) is 3.28. The van der Waals surface area contributed by atoms with Gasteiger partial charge in [0.15, 0.2) is 0 Å². The van der Waals surface area contributed by atoms with Crippen LogP contribution in [0, 0.1) is 12.3 Å². The van der Waals surface area contributed by atoms with Crippen molar-refractivity contribution in [1.29, 1.82) is 0 Å². The normalized spacial score (nSPS) is 12.6. The number of aromatic amines is 1. The molecule has 1 N–H and O–H groups in total. The maximum Gasteiger partial charge on any atom is 4.00 e. The van der Waals surface area contributed by atoms with Crippen molar-refractivity contribution in [2.45, 2.75) is 58.8 Å². The summed E-state index contributed by atoms with van der Waals surface area (Å²) in [6.45, 7) is 13.5.